The van der Waals surface area contributed by atoms with Crippen molar-refractivity contribution in [2.45, 2.75) is 102 Å². The molecule has 4 aliphatic heterocycles. The number of nitrogens with one attached hydrogen (secondary N) is 4. The Morgan fingerprint density at radius 2 is 1.15 bits per heavy atom. The molecular formula is C48H59N9O5. The summed E-state index contributed by atoms with van der Waals surface area (Å²) in [5.74, 6) is 1.81. The maximum atomic E-state index is 13.9. The fraction of sp³-hybridized carbons (Fsp3) is 0.479. The number of carbonyl (C=O) groups is 3. The number of carbonyl (C=O) groups excluding carboxylic acids is 3. The highest BCUT2D eigenvalue weighted by Gasteiger charge is 2.45. The van der Waals surface area contributed by atoms with Gasteiger partial charge in [0, 0.05) is 25.2 Å². The molecule has 3 saturated heterocycles. The van der Waals surface area contributed by atoms with E-state index in [0.717, 1.165) is 83.4 Å². The number of nitrogens with zero attached hydrogens (tertiary/aromatic N) is 5. The van der Waals surface area contributed by atoms with Crippen LogP contribution in [0.5, 0.6) is 0 Å². The summed E-state index contributed by atoms with van der Waals surface area (Å²) in [6.07, 6.45) is 5.02. The summed E-state index contributed by atoms with van der Waals surface area (Å²) in [7, 11) is 5.11. The van der Waals surface area contributed by atoms with Crippen LogP contribution in [-0.4, -0.2) is 99.0 Å². The zero-order chi connectivity index (χ0) is 43.6. The normalized spacial score (nSPS) is 21.9. The summed E-state index contributed by atoms with van der Waals surface area (Å²) < 4.78 is 10.1. The molecule has 14 heteroatoms. The van der Waals surface area contributed by atoms with E-state index >= 15 is 0 Å². The van der Waals surface area contributed by atoms with Gasteiger partial charge < -0.3 is 39.9 Å². The Morgan fingerprint density at radius 1 is 0.677 bits per heavy atom. The lowest BCUT2D eigenvalue weighted by atomic mass is 9.81. The van der Waals surface area contributed by atoms with Crippen molar-refractivity contribution in [1.29, 1.82) is 0 Å². The van der Waals surface area contributed by atoms with E-state index in [1.165, 1.54) is 29.4 Å². The summed E-state index contributed by atoms with van der Waals surface area (Å²) in [5.41, 5.74) is 11.1. The minimum absolute atomic E-state index is 0.0300. The van der Waals surface area contributed by atoms with Crippen LogP contribution >= 0.6 is 0 Å². The molecule has 3 fully saturated rings. The second-order valence-electron chi connectivity index (χ2n) is 18.2. The van der Waals surface area contributed by atoms with E-state index in [4.69, 9.17) is 19.4 Å². The third kappa shape index (κ3) is 7.15. The number of amides is 3. The van der Waals surface area contributed by atoms with Gasteiger partial charge in [-0.15, -0.1) is 0 Å². The average molecular weight is 842 g/mol. The van der Waals surface area contributed by atoms with E-state index in [2.05, 4.69) is 87.7 Å². The average Bonchev–Trinajstić information content (AvgIpc) is 4.14. The SMILES string of the molecule is C=C(N[C@H](C(=O)N1CCC[C@H]1c1nc2ccc(-c3ccc(-c4ccc5nc([C@@H]6CCCN6C(=O)[C@@H](NC(=O)OC)C(C)C)[nH]c5c4)c4c3C3CCC4N3C)cc2[nH]1)C(C)C)OC. The number of aromatic nitrogens is 4. The van der Waals surface area contributed by atoms with Crippen LogP contribution in [0.25, 0.3) is 44.3 Å². The van der Waals surface area contributed by atoms with E-state index in [-0.39, 0.29) is 35.7 Å². The molecule has 4 aliphatic rings. The van der Waals surface area contributed by atoms with Crippen LogP contribution in [0.15, 0.2) is 61.0 Å². The second kappa shape index (κ2) is 16.4. The van der Waals surface area contributed by atoms with Crippen LogP contribution in [0.2, 0.25) is 0 Å². The number of H-pyrrole nitrogens is 2. The molecule has 2 bridgehead atoms. The first-order valence-corrected chi connectivity index (χ1v) is 22.2. The number of fused-ring (bicyclic) bond motifs is 7. The molecule has 0 aliphatic carbocycles. The summed E-state index contributed by atoms with van der Waals surface area (Å²) in [5, 5.41) is 5.92. The maximum absolute atomic E-state index is 13.9. The van der Waals surface area contributed by atoms with Gasteiger partial charge in [0.05, 0.1) is 48.4 Å². The molecule has 2 aromatic heterocycles. The number of aromatic amines is 2. The van der Waals surface area contributed by atoms with Crippen LogP contribution in [0.3, 0.4) is 0 Å². The Bertz CT molecular complexity index is 2390. The fourth-order valence-electron chi connectivity index (χ4n) is 10.6. The number of hydrogen-bond donors (Lipinski definition) is 4. The van der Waals surface area contributed by atoms with Gasteiger partial charge in [0.2, 0.25) is 11.8 Å². The molecule has 62 heavy (non-hydrogen) atoms. The Kier molecular flexibility index (Phi) is 11.0. The minimum Gasteiger partial charge on any atom is -0.483 e. The summed E-state index contributed by atoms with van der Waals surface area (Å²) in [6.45, 7) is 13.1. The Labute approximate surface area is 362 Å². The highest BCUT2D eigenvalue weighted by atomic mass is 16.5. The van der Waals surface area contributed by atoms with Crippen LogP contribution in [0, 0.1) is 11.8 Å². The van der Waals surface area contributed by atoms with E-state index in [9.17, 15) is 14.4 Å². The molecular weight excluding hydrogens is 783 g/mol. The van der Waals surface area contributed by atoms with Gasteiger partial charge in [-0.1, -0.05) is 52.0 Å². The van der Waals surface area contributed by atoms with Crippen molar-refractivity contribution in [1.82, 2.24) is 45.3 Å². The van der Waals surface area contributed by atoms with Crippen molar-refractivity contribution >= 4 is 40.0 Å². The predicted molar refractivity (Wildman–Crippen MR) is 239 cm³/mol. The summed E-state index contributed by atoms with van der Waals surface area (Å²) in [6, 6.07) is 16.7. The molecule has 2 unspecified atom stereocenters. The maximum Gasteiger partial charge on any atom is 0.407 e. The number of hydrogen-bond acceptors (Lipinski definition) is 9. The lowest BCUT2D eigenvalue weighted by Gasteiger charge is -2.30. The van der Waals surface area contributed by atoms with Gasteiger partial charge in [0.25, 0.3) is 0 Å². The van der Waals surface area contributed by atoms with Gasteiger partial charge in [0.15, 0.2) is 5.88 Å². The van der Waals surface area contributed by atoms with E-state index in [0.29, 0.717) is 31.1 Å². The van der Waals surface area contributed by atoms with Crippen molar-refractivity contribution in [3.63, 3.8) is 0 Å². The van der Waals surface area contributed by atoms with E-state index in [1.54, 1.807) is 7.11 Å². The van der Waals surface area contributed by atoms with E-state index in [1.807, 2.05) is 37.5 Å². The third-order valence-electron chi connectivity index (χ3n) is 13.9. The summed E-state index contributed by atoms with van der Waals surface area (Å²) >= 11 is 0. The van der Waals surface area contributed by atoms with Crippen molar-refractivity contribution in [3.8, 4) is 22.3 Å². The van der Waals surface area contributed by atoms with Crippen LogP contribution in [0.4, 0.5) is 4.79 Å². The Hall–Kier alpha value is -5.89. The van der Waals surface area contributed by atoms with Crippen molar-refractivity contribution in [2.75, 3.05) is 34.4 Å². The molecule has 6 heterocycles. The molecule has 326 valence electrons. The third-order valence-corrected chi connectivity index (χ3v) is 13.9. The highest BCUT2D eigenvalue weighted by Crippen LogP contribution is 2.57. The zero-order valence-electron chi connectivity index (χ0n) is 36.9. The smallest absolute Gasteiger partial charge is 0.407 e. The molecule has 0 spiro atoms. The molecule has 9 rings (SSSR count). The van der Waals surface area contributed by atoms with Crippen LogP contribution in [0.1, 0.15) is 113 Å². The largest absolute Gasteiger partial charge is 0.483 e. The second-order valence-corrected chi connectivity index (χ2v) is 18.2. The number of ether oxygens (including phenoxy) is 2. The van der Waals surface area contributed by atoms with Gasteiger partial charge >= 0.3 is 6.09 Å². The highest BCUT2D eigenvalue weighted by molar-refractivity contribution is 5.89. The van der Waals surface area contributed by atoms with Gasteiger partial charge in [0.1, 0.15) is 23.7 Å². The molecule has 0 saturated carbocycles. The Balaban J connectivity index is 1.01. The molecule has 5 aromatic rings. The fourth-order valence-corrected chi connectivity index (χ4v) is 10.6. The first-order chi connectivity index (χ1) is 29.9. The van der Waals surface area contributed by atoms with Crippen molar-refractivity contribution in [3.05, 3.63) is 83.8 Å². The number of methoxy groups -OCH3 is 2. The molecule has 4 N–H and O–H groups in total. The first kappa shape index (κ1) is 41.5. The molecule has 14 nitrogen and oxygen atoms in total. The Morgan fingerprint density at radius 3 is 1.58 bits per heavy atom. The van der Waals surface area contributed by atoms with Crippen LogP contribution in [-0.2, 0) is 19.1 Å². The number of likely N-dealkylation sites (tertiary alicyclic amines) is 2. The number of alkyl carbamates (subject to hydrolysis) is 1. The van der Waals surface area contributed by atoms with Gasteiger partial charge in [-0.3, -0.25) is 14.5 Å². The summed E-state index contributed by atoms with van der Waals surface area (Å²) in [4.78, 5) is 63.5. The number of benzene rings is 3. The monoisotopic (exact) mass is 841 g/mol. The lowest BCUT2D eigenvalue weighted by molar-refractivity contribution is -0.136. The standard InChI is InChI=1S/C48H59N9O5/c1-25(2)42(49-27(5)61-7)46(58)56-21-9-11-38(56)44-50-32-17-13-28(23-34(32)52-44)30-15-16-31(41-37-20-19-36(40(30)41)55(37)6)29-14-18-33-35(24-29)53-45(51-33)39-12-10-22-57(39)47(59)43(26(3)4)54-48(60)62-8/h13-18,23-26,36-39,42-43,49H,5,9-12,19-22H2,1-4,6-8H3,(H,50,52)(H,51,53)(H,54,60)/t36?,37?,38-,39-,42-,43-/m0/s1. The minimum atomic E-state index is -0.689. The first-order valence-electron chi connectivity index (χ1n) is 22.2. The molecule has 0 radical (unpaired) electrons. The van der Waals surface area contributed by atoms with Gasteiger partial charge in [-0.05, 0) is 122 Å². The van der Waals surface area contributed by atoms with Crippen molar-refractivity contribution < 1.29 is 23.9 Å². The van der Waals surface area contributed by atoms with Gasteiger partial charge in [-0.2, -0.15) is 0 Å². The van der Waals surface area contributed by atoms with Crippen molar-refractivity contribution in [2.24, 2.45) is 11.8 Å². The van der Waals surface area contributed by atoms with Crippen LogP contribution < -0.4 is 10.6 Å². The number of imidazole rings is 2. The predicted octanol–water partition coefficient (Wildman–Crippen LogP) is 8.03. The number of rotatable bonds is 12. The molecule has 3 aromatic carbocycles. The quantitative estimate of drug-likeness (QED) is 0.0912. The van der Waals surface area contributed by atoms with Gasteiger partial charge in [-0.25, -0.2) is 14.8 Å². The lowest BCUT2D eigenvalue weighted by Crippen LogP contribution is -2.51. The topological polar surface area (TPSA) is 161 Å². The molecule has 6 atom stereocenters. The molecule has 3 amide bonds. The zero-order valence-corrected chi connectivity index (χ0v) is 36.9. The van der Waals surface area contributed by atoms with E-state index < -0.39 is 18.2 Å².